The van der Waals surface area contributed by atoms with Crippen molar-refractivity contribution in [3.63, 3.8) is 0 Å². The second-order valence-electron chi connectivity index (χ2n) is 11.0. The number of carboxylic acids is 1. The molecule has 3 saturated carbocycles. The molecule has 186 valence electrons. The summed E-state index contributed by atoms with van der Waals surface area (Å²) in [6.45, 7) is 5.25. The molecule has 4 aliphatic rings. The molecule has 0 saturated heterocycles. The minimum absolute atomic E-state index is 0. The third kappa shape index (κ3) is 4.39. The Hall–Kier alpha value is -1.32. The van der Waals surface area contributed by atoms with Gasteiger partial charge >= 0.3 is 35.5 Å². The van der Waals surface area contributed by atoms with Gasteiger partial charge in [0, 0.05) is 22.7 Å². The number of carbonyl (C=O) groups is 4. The number of aliphatic hydroxyl groups is 2. The third-order valence-corrected chi connectivity index (χ3v) is 9.54. The van der Waals surface area contributed by atoms with Crippen LogP contribution in [0.5, 0.6) is 0 Å². The maximum absolute atomic E-state index is 13.1. The number of fused-ring (bicyclic) bond motifs is 5. The standard InChI is InChI=1S/C26H34O8.Na/c1-14-10-16(27)11-15-4-5-17-18-8-9-26(33,20(29)13-34-22(32)7-6-21(30)31)24(18,2)12-19(28)23(17)25(14,15)3;/h10-11,17-19,23,28,33H,4-9,12-13H2,1-3H3,(H,30,31);/q;+1/p-1/t17?,18?,19?,23?,24-,25-,26-;/m0./s1. The SMILES string of the molecule is CC1=CC(=O)C=C2CCC3C(C(O)C[C@@]4(C)C3CC[C@]4(O)C(=O)COC(=O)CCC(=O)[O-])[C@@]12C.[Na+]. The van der Waals surface area contributed by atoms with Gasteiger partial charge in [0.1, 0.15) is 5.60 Å². The summed E-state index contributed by atoms with van der Waals surface area (Å²) in [4.78, 5) is 47.6. The molecule has 0 spiro atoms. The zero-order valence-corrected chi connectivity index (χ0v) is 23.0. The van der Waals surface area contributed by atoms with Crippen molar-refractivity contribution < 1.29 is 68.8 Å². The van der Waals surface area contributed by atoms with Gasteiger partial charge in [-0.15, -0.1) is 0 Å². The minimum Gasteiger partial charge on any atom is -0.550 e. The summed E-state index contributed by atoms with van der Waals surface area (Å²) in [5.74, 6) is -2.91. The molecule has 8 nitrogen and oxygen atoms in total. The molecule has 3 fully saturated rings. The van der Waals surface area contributed by atoms with E-state index in [-0.39, 0.29) is 65.9 Å². The van der Waals surface area contributed by atoms with E-state index in [2.05, 4.69) is 6.92 Å². The van der Waals surface area contributed by atoms with Gasteiger partial charge in [0.2, 0.25) is 5.78 Å². The number of carboxylic acid groups (broad SMARTS) is 1. The van der Waals surface area contributed by atoms with E-state index in [0.717, 1.165) is 24.0 Å². The van der Waals surface area contributed by atoms with E-state index in [0.29, 0.717) is 6.42 Å². The number of carbonyl (C=O) groups excluding carboxylic acids is 4. The van der Waals surface area contributed by atoms with Gasteiger partial charge in [-0.25, -0.2) is 0 Å². The molecule has 0 radical (unpaired) electrons. The Labute approximate surface area is 227 Å². The molecule has 0 heterocycles. The molecule has 0 aliphatic heterocycles. The van der Waals surface area contributed by atoms with Crippen molar-refractivity contribution in [2.45, 2.75) is 77.4 Å². The van der Waals surface area contributed by atoms with Crippen LogP contribution in [0.1, 0.15) is 65.7 Å². The van der Waals surface area contributed by atoms with E-state index >= 15 is 0 Å². The van der Waals surface area contributed by atoms with Gasteiger partial charge in [-0.3, -0.25) is 14.4 Å². The number of hydrogen-bond acceptors (Lipinski definition) is 8. The molecule has 0 bridgehead atoms. The topological polar surface area (TPSA) is 141 Å². The van der Waals surface area contributed by atoms with E-state index in [1.54, 1.807) is 12.2 Å². The number of rotatable bonds is 6. The van der Waals surface area contributed by atoms with Crippen LogP contribution in [0.15, 0.2) is 23.3 Å². The second-order valence-corrected chi connectivity index (χ2v) is 11.0. The zero-order chi connectivity index (χ0) is 25.1. The first-order chi connectivity index (χ1) is 15.8. The van der Waals surface area contributed by atoms with Gasteiger partial charge in [0.15, 0.2) is 12.4 Å². The Balaban J connectivity index is 0.00000342. The third-order valence-electron chi connectivity index (χ3n) is 9.54. The number of allylic oxidation sites excluding steroid dienone is 4. The summed E-state index contributed by atoms with van der Waals surface area (Å²) in [7, 11) is 0. The molecular weight excluding hydrogens is 463 g/mol. The molecule has 0 aromatic heterocycles. The summed E-state index contributed by atoms with van der Waals surface area (Å²) in [6.07, 6.45) is 4.23. The van der Waals surface area contributed by atoms with Gasteiger partial charge < -0.3 is 24.9 Å². The van der Waals surface area contributed by atoms with Gasteiger partial charge in [-0.1, -0.05) is 25.0 Å². The van der Waals surface area contributed by atoms with Crippen molar-refractivity contribution in [3.05, 3.63) is 23.3 Å². The van der Waals surface area contributed by atoms with Crippen LogP contribution in [0, 0.1) is 28.6 Å². The molecule has 0 amide bonds. The summed E-state index contributed by atoms with van der Waals surface area (Å²) in [5, 5.41) is 33.6. The van der Waals surface area contributed by atoms with E-state index in [9.17, 15) is 34.5 Å². The minimum atomic E-state index is -1.75. The monoisotopic (exact) mass is 496 g/mol. The van der Waals surface area contributed by atoms with Gasteiger partial charge in [0.25, 0.3) is 0 Å². The fraction of sp³-hybridized carbons (Fsp3) is 0.692. The number of hydrogen-bond donors (Lipinski definition) is 2. The molecule has 0 aromatic rings. The van der Waals surface area contributed by atoms with Crippen LogP contribution in [0.25, 0.3) is 0 Å². The molecule has 9 heteroatoms. The maximum atomic E-state index is 13.1. The fourth-order valence-corrected chi connectivity index (χ4v) is 7.68. The first kappa shape index (κ1) is 28.3. The Kier molecular flexibility index (Phi) is 7.96. The molecule has 4 rings (SSSR count). The van der Waals surface area contributed by atoms with Gasteiger partial charge in [-0.05, 0) is 69.4 Å². The predicted molar refractivity (Wildman–Crippen MR) is 118 cm³/mol. The first-order valence-corrected chi connectivity index (χ1v) is 12.1. The molecule has 35 heavy (non-hydrogen) atoms. The average molecular weight is 497 g/mol. The number of aliphatic hydroxyl groups excluding tert-OH is 1. The molecule has 2 N–H and O–H groups in total. The number of Topliss-reactive ketones (excluding diaryl/α,β-unsaturated/α-hetero) is 1. The summed E-state index contributed by atoms with van der Waals surface area (Å²) >= 11 is 0. The second kappa shape index (κ2) is 9.86. The fourth-order valence-electron chi connectivity index (χ4n) is 7.68. The summed E-state index contributed by atoms with van der Waals surface area (Å²) in [6, 6.07) is 0. The zero-order valence-electron chi connectivity index (χ0n) is 21.0. The van der Waals surface area contributed by atoms with Crippen LogP contribution >= 0.6 is 0 Å². The van der Waals surface area contributed by atoms with Crippen LogP contribution in [0.2, 0.25) is 0 Å². The van der Waals surface area contributed by atoms with Crippen molar-refractivity contribution in [2.24, 2.45) is 28.6 Å². The Morgan fingerprint density at radius 3 is 2.51 bits per heavy atom. The Morgan fingerprint density at radius 2 is 1.86 bits per heavy atom. The summed E-state index contributed by atoms with van der Waals surface area (Å²) < 4.78 is 4.95. The van der Waals surface area contributed by atoms with Crippen molar-refractivity contribution in [3.8, 4) is 0 Å². The van der Waals surface area contributed by atoms with E-state index < -0.39 is 59.7 Å². The number of aliphatic carboxylic acids is 1. The van der Waals surface area contributed by atoms with E-state index in [1.807, 2.05) is 13.8 Å². The quantitative estimate of drug-likeness (QED) is 0.319. The van der Waals surface area contributed by atoms with Crippen molar-refractivity contribution in [1.82, 2.24) is 0 Å². The normalized spacial score (nSPS) is 39.7. The molecule has 7 atom stereocenters. The van der Waals surface area contributed by atoms with Crippen LogP contribution in [-0.2, 0) is 23.9 Å². The number of esters is 1. The molecule has 4 unspecified atom stereocenters. The molecular formula is C26H33NaO8. The first-order valence-electron chi connectivity index (χ1n) is 12.1. The van der Waals surface area contributed by atoms with Gasteiger partial charge in [-0.2, -0.15) is 0 Å². The van der Waals surface area contributed by atoms with Crippen molar-refractivity contribution >= 4 is 23.5 Å². The number of ether oxygens (including phenoxy) is 1. The van der Waals surface area contributed by atoms with Gasteiger partial charge in [0.05, 0.1) is 12.5 Å². The Morgan fingerprint density at radius 1 is 1.17 bits per heavy atom. The predicted octanol–water partition coefficient (Wildman–Crippen LogP) is -1.97. The maximum Gasteiger partial charge on any atom is 1.00 e. The number of ketones is 2. The van der Waals surface area contributed by atoms with Crippen LogP contribution in [-0.4, -0.2) is 52.0 Å². The largest absolute Gasteiger partial charge is 1.00 e. The average Bonchev–Trinajstić information content (AvgIpc) is 3.02. The van der Waals surface area contributed by atoms with E-state index in [4.69, 9.17) is 4.74 Å². The van der Waals surface area contributed by atoms with E-state index in [1.165, 1.54) is 0 Å². The smallest absolute Gasteiger partial charge is 0.550 e. The van der Waals surface area contributed by atoms with Crippen LogP contribution in [0.3, 0.4) is 0 Å². The Bertz CT molecular complexity index is 1000. The molecule has 4 aliphatic carbocycles. The molecule has 0 aromatic carbocycles. The van der Waals surface area contributed by atoms with Crippen molar-refractivity contribution in [1.29, 1.82) is 0 Å². The summed E-state index contributed by atoms with van der Waals surface area (Å²) in [5.41, 5.74) is -1.07. The van der Waals surface area contributed by atoms with Crippen LogP contribution in [0.4, 0.5) is 0 Å². The van der Waals surface area contributed by atoms with Crippen LogP contribution < -0.4 is 34.7 Å². The van der Waals surface area contributed by atoms with Crippen molar-refractivity contribution in [2.75, 3.05) is 6.61 Å².